The Balaban J connectivity index is 1.90. The first-order chi connectivity index (χ1) is 12.4. The summed E-state index contributed by atoms with van der Waals surface area (Å²) in [6, 6.07) is 9.53. The van der Waals surface area contributed by atoms with Gasteiger partial charge >= 0.3 is 5.63 Å². The number of benzene rings is 2. The van der Waals surface area contributed by atoms with Crippen LogP contribution in [0.4, 0.5) is 5.69 Å². The van der Waals surface area contributed by atoms with E-state index in [2.05, 4.69) is 0 Å². The second-order valence-electron chi connectivity index (χ2n) is 5.84. The molecule has 0 bridgehead atoms. The third-order valence-electron chi connectivity index (χ3n) is 4.30. The van der Waals surface area contributed by atoms with Gasteiger partial charge in [-0.25, -0.2) is 4.79 Å². The van der Waals surface area contributed by atoms with Crippen molar-refractivity contribution in [3.8, 4) is 11.5 Å². The van der Waals surface area contributed by atoms with E-state index >= 15 is 0 Å². The van der Waals surface area contributed by atoms with Crippen molar-refractivity contribution < 1.29 is 18.8 Å². The lowest BCUT2D eigenvalue weighted by atomic mass is 10.1. The molecule has 0 unspecified atom stereocenters. The average molecular weight is 355 g/mol. The van der Waals surface area contributed by atoms with Crippen LogP contribution < -0.4 is 15.1 Å². The predicted octanol–water partition coefficient (Wildman–Crippen LogP) is 3.91. The van der Waals surface area contributed by atoms with Crippen LogP contribution in [-0.2, 0) is 6.61 Å². The normalized spacial score (nSPS) is 10.7. The zero-order chi connectivity index (χ0) is 18.8. The van der Waals surface area contributed by atoms with E-state index in [-0.39, 0.29) is 17.9 Å². The van der Waals surface area contributed by atoms with E-state index in [1.807, 2.05) is 13.0 Å². The second-order valence-corrected chi connectivity index (χ2v) is 5.84. The van der Waals surface area contributed by atoms with E-state index < -0.39 is 4.92 Å². The van der Waals surface area contributed by atoms with E-state index in [4.69, 9.17) is 13.9 Å². The van der Waals surface area contributed by atoms with Gasteiger partial charge in [0.25, 0.3) is 5.69 Å². The summed E-state index contributed by atoms with van der Waals surface area (Å²) in [4.78, 5) is 22.3. The van der Waals surface area contributed by atoms with Crippen LogP contribution in [0, 0.1) is 24.0 Å². The molecule has 0 fully saturated rings. The van der Waals surface area contributed by atoms with Gasteiger partial charge in [0.1, 0.15) is 23.7 Å². The summed E-state index contributed by atoms with van der Waals surface area (Å²) in [6.45, 7) is 3.66. The van der Waals surface area contributed by atoms with Crippen molar-refractivity contribution in [2.24, 2.45) is 0 Å². The molecule has 0 N–H and O–H groups in total. The van der Waals surface area contributed by atoms with Gasteiger partial charge in [0.15, 0.2) is 0 Å². The van der Waals surface area contributed by atoms with Crippen LogP contribution in [0.5, 0.6) is 11.5 Å². The van der Waals surface area contributed by atoms with Crippen LogP contribution >= 0.6 is 0 Å². The number of aryl methyl sites for hydroxylation is 1. The van der Waals surface area contributed by atoms with Crippen LogP contribution in [0.2, 0.25) is 0 Å². The van der Waals surface area contributed by atoms with Crippen molar-refractivity contribution in [1.29, 1.82) is 0 Å². The molecule has 3 aromatic rings. The molecule has 2 aromatic carbocycles. The highest BCUT2D eigenvalue weighted by Gasteiger charge is 2.13. The van der Waals surface area contributed by atoms with Crippen LogP contribution in [0.3, 0.4) is 0 Å². The Kier molecular flexibility index (Phi) is 4.62. The van der Waals surface area contributed by atoms with Crippen LogP contribution in [0.25, 0.3) is 11.0 Å². The molecule has 0 saturated carbocycles. The third-order valence-corrected chi connectivity index (χ3v) is 4.30. The van der Waals surface area contributed by atoms with Gasteiger partial charge in [0.2, 0.25) is 0 Å². The summed E-state index contributed by atoms with van der Waals surface area (Å²) < 4.78 is 16.3. The molecule has 0 atom stereocenters. The molecule has 0 spiro atoms. The van der Waals surface area contributed by atoms with Gasteiger partial charge in [0, 0.05) is 34.7 Å². The Morgan fingerprint density at radius 1 is 1.12 bits per heavy atom. The highest BCUT2D eigenvalue weighted by atomic mass is 16.6. The summed E-state index contributed by atoms with van der Waals surface area (Å²) in [5, 5.41) is 11.8. The van der Waals surface area contributed by atoms with Gasteiger partial charge in [-0.05, 0) is 37.6 Å². The fourth-order valence-corrected chi connectivity index (χ4v) is 2.67. The summed E-state index contributed by atoms with van der Waals surface area (Å²) in [5.41, 5.74) is 1.99. The Bertz CT molecular complexity index is 1050. The Hall–Kier alpha value is -3.35. The highest BCUT2D eigenvalue weighted by Crippen LogP contribution is 2.27. The Labute approximate surface area is 148 Å². The van der Waals surface area contributed by atoms with E-state index in [1.165, 1.54) is 25.3 Å². The van der Waals surface area contributed by atoms with E-state index in [0.29, 0.717) is 28.2 Å². The lowest BCUT2D eigenvalue weighted by Crippen LogP contribution is -2.05. The van der Waals surface area contributed by atoms with Crippen molar-refractivity contribution >= 4 is 16.7 Å². The topological polar surface area (TPSA) is 91.8 Å². The molecule has 0 aliphatic carbocycles. The minimum atomic E-state index is -0.473. The van der Waals surface area contributed by atoms with Gasteiger partial charge in [-0.15, -0.1) is 0 Å². The zero-order valence-electron chi connectivity index (χ0n) is 14.6. The first kappa shape index (κ1) is 17.5. The van der Waals surface area contributed by atoms with Crippen molar-refractivity contribution in [2.75, 3.05) is 7.11 Å². The number of nitro groups is 1. The maximum atomic E-state index is 11.8. The molecular weight excluding hydrogens is 338 g/mol. The molecule has 0 aliphatic heterocycles. The molecule has 3 rings (SSSR count). The molecule has 7 nitrogen and oxygen atoms in total. The molecule has 7 heteroatoms. The predicted molar refractivity (Wildman–Crippen MR) is 95.9 cm³/mol. The van der Waals surface area contributed by atoms with Crippen LogP contribution in [0.15, 0.2) is 45.6 Å². The van der Waals surface area contributed by atoms with Crippen LogP contribution in [-0.4, -0.2) is 12.0 Å². The highest BCUT2D eigenvalue weighted by molar-refractivity contribution is 5.82. The minimum Gasteiger partial charge on any atom is -0.496 e. The Morgan fingerprint density at radius 2 is 1.88 bits per heavy atom. The first-order valence-corrected chi connectivity index (χ1v) is 7.89. The van der Waals surface area contributed by atoms with Crippen molar-refractivity contribution in [1.82, 2.24) is 0 Å². The van der Waals surface area contributed by atoms with Gasteiger partial charge in [-0.2, -0.15) is 0 Å². The summed E-state index contributed by atoms with van der Waals surface area (Å²) in [7, 11) is 1.49. The maximum Gasteiger partial charge on any atom is 0.339 e. The number of ether oxygens (including phenoxy) is 2. The fourth-order valence-electron chi connectivity index (χ4n) is 2.67. The zero-order valence-corrected chi connectivity index (χ0v) is 14.6. The Morgan fingerprint density at radius 3 is 2.58 bits per heavy atom. The van der Waals surface area contributed by atoms with Gasteiger partial charge in [0.05, 0.1) is 12.0 Å². The van der Waals surface area contributed by atoms with Crippen molar-refractivity contribution in [2.45, 2.75) is 20.5 Å². The van der Waals surface area contributed by atoms with Crippen molar-refractivity contribution in [3.63, 3.8) is 0 Å². The first-order valence-electron chi connectivity index (χ1n) is 7.89. The largest absolute Gasteiger partial charge is 0.496 e. The molecule has 1 heterocycles. The van der Waals surface area contributed by atoms with Gasteiger partial charge in [-0.1, -0.05) is 0 Å². The monoisotopic (exact) mass is 355 g/mol. The lowest BCUT2D eigenvalue weighted by Gasteiger charge is -2.11. The number of non-ortho nitro benzene ring substituents is 1. The average Bonchev–Trinajstić information content (AvgIpc) is 2.64. The molecule has 26 heavy (non-hydrogen) atoms. The maximum absolute atomic E-state index is 11.8. The number of rotatable bonds is 5. The summed E-state index contributed by atoms with van der Waals surface area (Å²) >= 11 is 0. The number of nitro benzene ring substituents is 1. The molecule has 134 valence electrons. The molecular formula is C19H17NO6. The van der Waals surface area contributed by atoms with E-state index in [9.17, 15) is 14.9 Å². The summed E-state index contributed by atoms with van der Waals surface area (Å²) in [6.07, 6.45) is 0. The molecule has 0 saturated heterocycles. The second kappa shape index (κ2) is 6.87. The summed E-state index contributed by atoms with van der Waals surface area (Å²) in [5.74, 6) is 0.979. The SMILES string of the molecule is COc1ccc([N+](=O)[O-])cc1COc1ccc2c(C)c(C)c(=O)oc2c1. The van der Waals surface area contributed by atoms with Crippen LogP contribution in [0.1, 0.15) is 16.7 Å². The number of nitrogens with zero attached hydrogens (tertiary/aromatic N) is 1. The number of hydrogen-bond acceptors (Lipinski definition) is 6. The number of fused-ring (bicyclic) bond motifs is 1. The van der Waals surface area contributed by atoms with Crippen molar-refractivity contribution in [3.05, 3.63) is 73.6 Å². The minimum absolute atomic E-state index is 0.0417. The van der Waals surface area contributed by atoms with Gasteiger partial charge in [-0.3, -0.25) is 10.1 Å². The third kappa shape index (κ3) is 3.23. The van der Waals surface area contributed by atoms with E-state index in [1.54, 1.807) is 19.1 Å². The number of hydrogen-bond donors (Lipinski definition) is 0. The number of methoxy groups -OCH3 is 1. The fraction of sp³-hybridized carbons (Fsp3) is 0.211. The standard InChI is InChI=1S/C19H17NO6/c1-11-12(2)19(21)26-18-9-15(5-6-16(11)18)25-10-13-8-14(20(22)23)4-7-17(13)24-3/h4-9H,10H2,1-3H3. The molecule has 1 aromatic heterocycles. The molecule has 0 amide bonds. The smallest absolute Gasteiger partial charge is 0.339 e. The molecule has 0 aliphatic rings. The lowest BCUT2D eigenvalue weighted by molar-refractivity contribution is -0.385. The molecule has 0 radical (unpaired) electrons. The quantitative estimate of drug-likeness (QED) is 0.391. The van der Waals surface area contributed by atoms with Gasteiger partial charge < -0.3 is 13.9 Å². The van der Waals surface area contributed by atoms with E-state index in [0.717, 1.165) is 10.9 Å².